The van der Waals surface area contributed by atoms with E-state index in [1.165, 1.54) is 29.9 Å². The lowest BCUT2D eigenvalue weighted by Crippen LogP contribution is -2.40. The third-order valence-corrected chi connectivity index (χ3v) is 8.20. The first kappa shape index (κ1) is 22.3. The standard InChI is InChI=1S/C20H23NO7S2/c1-26-15-5-6-16(18(12-15)27-2)17(22)13-28-20(23)14-7-9-21(10-8-14)30(24,25)19-4-3-11-29-19/h3-6,11-12,14H,7-10,13H2,1-2H3. The second kappa shape index (κ2) is 9.59. The quantitative estimate of drug-likeness (QED) is 0.447. The van der Waals surface area contributed by atoms with Crippen LogP contribution < -0.4 is 9.47 Å². The van der Waals surface area contributed by atoms with Crippen LogP contribution in [-0.4, -0.2) is 58.4 Å². The summed E-state index contributed by atoms with van der Waals surface area (Å²) in [5.41, 5.74) is 0.294. The van der Waals surface area contributed by atoms with E-state index >= 15 is 0 Å². The minimum atomic E-state index is -3.52. The lowest BCUT2D eigenvalue weighted by molar-refractivity contribution is -0.148. The van der Waals surface area contributed by atoms with E-state index < -0.39 is 28.5 Å². The highest BCUT2D eigenvalue weighted by molar-refractivity contribution is 7.91. The number of carbonyl (C=O) groups is 2. The number of ether oxygens (including phenoxy) is 3. The van der Waals surface area contributed by atoms with Crippen LogP contribution in [-0.2, 0) is 19.6 Å². The van der Waals surface area contributed by atoms with Gasteiger partial charge in [-0.2, -0.15) is 4.31 Å². The fourth-order valence-electron chi connectivity index (χ4n) is 3.23. The summed E-state index contributed by atoms with van der Waals surface area (Å²) in [7, 11) is -0.573. The van der Waals surface area contributed by atoms with Crippen molar-refractivity contribution < 1.29 is 32.2 Å². The summed E-state index contributed by atoms with van der Waals surface area (Å²) in [6.07, 6.45) is 0.701. The maximum absolute atomic E-state index is 12.6. The fraction of sp³-hybridized carbons (Fsp3) is 0.400. The van der Waals surface area contributed by atoms with Gasteiger partial charge in [-0.25, -0.2) is 8.42 Å². The molecule has 3 rings (SSSR count). The Morgan fingerprint density at radius 3 is 2.47 bits per heavy atom. The van der Waals surface area contributed by atoms with Crippen molar-refractivity contribution in [2.24, 2.45) is 5.92 Å². The van der Waals surface area contributed by atoms with Gasteiger partial charge in [0.05, 0.1) is 25.7 Å². The fourth-order valence-corrected chi connectivity index (χ4v) is 5.84. The van der Waals surface area contributed by atoms with Crippen LogP contribution in [0.1, 0.15) is 23.2 Å². The van der Waals surface area contributed by atoms with E-state index in [2.05, 4.69) is 0 Å². The molecule has 0 spiro atoms. The van der Waals surface area contributed by atoms with Crippen LogP contribution in [0.5, 0.6) is 11.5 Å². The summed E-state index contributed by atoms with van der Waals surface area (Å²) in [5.74, 6) is -0.443. The Kier molecular flexibility index (Phi) is 7.11. The van der Waals surface area contributed by atoms with E-state index in [1.54, 1.807) is 35.7 Å². The molecule has 0 unspecified atom stereocenters. The summed E-state index contributed by atoms with van der Waals surface area (Å²) in [6.45, 7) is 0.0652. The topological polar surface area (TPSA) is 99.2 Å². The minimum absolute atomic E-state index is 0.236. The molecule has 1 aliphatic heterocycles. The molecule has 0 bridgehead atoms. The van der Waals surface area contributed by atoms with Crippen molar-refractivity contribution in [2.45, 2.75) is 17.1 Å². The predicted molar refractivity (Wildman–Crippen MR) is 111 cm³/mol. The summed E-state index contributed by atoms with van der Waals surface area (Å²) in [4.78, 5) is 24.8. The molecule has 30 heavy (non-hydrogen) atoms. The number of thiophene rings is 1. The number of benzene rings is 1. The van der Waals surface area contributed by atoms with Gasteiger partial charge in [-0.15, -0.1) is 11.3 Å². The van der Waals surface area contributed by atoms with Gasteiger partial charge in [0.25, 0.3) is 10.0 Å². The Labute approximate surface area is 179 Å². The summed E-state index contributed by atoms with van der Waals surface area (Å²) in [6, 6.07) is 8.03. The first-order valence-electron chi connectivity index (χ1n) is 9.32. The van der Waals surface area contributed by atoms with Crippen LogP contribution in [0.15, 0.2) is 39.9 Å². The number of methoxy groups -OCH3 is 2. The van der Waals surface area contributed by atoms with Gasteiger partial charge in [0.1, 0.15) is 15.7 Å². The number of carbonyl (C=O) groups excluding carboxylic acids is 2. The molecule has 1 aromatic carbocycles. The molecule has 1 saturated heterocycles. The molecule has 0 amide bonds. The molecule has 1 aromatic heterocycles. The van der Waals surface area contributed by atoms with E-state index in [0.29, 0.717) is 34.1 Å². The third kappa shape index (κ3) is 4.82. The summed E-state index contributed by atoms with van der Waals surface area (Å²) >= 11 is 1.17. The van der Waals surface area contributed by atoms with E-state index in [-0.39, 0.29) is 18.9 Å². The first-order valence-corrected chi connectivity index (χ1v) is 11.6. The Bertz CT molecular complexity index is 994. The van der Waals surface area contributed by atoms with Crippen molar-refractivity contribution in [2.75, 3.05) is 33.9 Å². The number of hydrogen-bond donors (Lipinski definition) is 0. The molecule has 1 fully saturated rings. The molecule has 10 heteroatoms. The highest BCUT2D eigenvalue weighted by atomic mass is 32.2. The van der Waals surface area contributed by atoms with Gasteiger partial charge >= 0.3 is 5.97 Å². The monoisotopic (exact) mass is 453 g/mol. The van der Waals surface area contributed by atoms with Crippen LogP contribution in [0.25, 0.3) is 0 Å². The number of hydrogen-bond acceptors (Lipinski definition) is 8. The average Bonchev–Trinajstić information content (AvgIpc) is 3.32. The van der Waals surface area contributed by atoms with Gasteiger partial charge in [-0.05, 0) is 36.4 Å². The number of Topliss-reactive ketones (excluding diaryl/α,β-unsaturated/α-hetero) is 1. The normalized spacial score (nSPS) is 15.5. The maximum Gasteiger partial charge on any atom is 0.309 e. The molecule has 162 valence electrons. The van der Waals surface area contributed by atoms with Gasteiger partial charge in [0.2, 0.25) is 5.78 Å². The molecule has 0 atom stereocenters. The zero-order chi connectivity index (χ0) is 21.7. The average molecular weight is 454 g/mol. The highest BCUT2D eigenvalue weighted by Crippen LogP contribution is 2.28. The van der Waals surface area contributed by atoms with Gasteiger partial charge in [0, 0.05) is 19.2 Å². The van der Waals surface area contributed by atoms with E-state index in [9.17, 15) is 18.0 Å². The van der Waals surface area contributed by atoms with Crippen molar-refractivity contribution in [3.63, 3.8) is 0 Å². The van der Waals surface area contributed by atoms with Gasteiger partial charge in [-0.1, -0.05) is 6.07 Å². The minimum Gasteiger partial charge on any atom is -0.497 e. The van der Waals surface area contributed by atoms with Crippen molar-refractivity contribution in [3.8, 4) is 11.5 Å². The molecule has 0 radical (unpaired) electrons. The van der Waals surface area contributed by atoms with Gasteiger partial charge in [-0.3, -0.25) is 9.59 Å². The molecule has 1 aliphatic rings. The zero-order valence-corrected chi connectivity index (χ0v) is 18.3. The first-order chi connectivity index (χ1) is 14.4. The SMILES string of the molecule is COc1ccc(C(=O)COC(=O)C2CCN(S(=O)(=O)c3cccs3)CC2)c(OC)c1. The largest absolute Gasteiger partial charge is 0.497 e. The van der Waals surface area contributed by atoms with Crippen LogP contribution in [0.4, 0.5) is 0 Å². The lowest BCUT2D eigenvalue weighted by Gasteiger charge is -2.29. The van der Waals surface area contributed by atoms with Crippen molar-refractivity contribution in [1.82, 2.24) is 4.31 Å². The number of rotatable bonds is 8. The Morgan fingerprint density at radius 2 is 1.87 bits per heavy atom. The van der Waals surface area contributed by atoms with Gasteiger partial charge < -0.3 is 14.2 Å². The summed E-state index contributed by atoms with van der Waals surface area (Å²) in [5, 5.41) is 1.71. The smallest absolute Gasteiger partial charge is 0.309 e. The number of sulfonamides is 1. The van der Waals surface area contributed by atoms with E-state index in [1.807, 2.05) is 0 Å². The lowest BCUT2D eigenvalue weighted by atomic mass is 9.98. The number of ketones is 1. The Hall–Kier alpha value is -2.43. The van der Waals surface area contributed by atoms with Crippen LogP contribution in [0.2, 0.25) is 0 Å². The molecular weight excluding hydrogens is 430 g/mol. The second-order valence-electron chi connectivity index (χ2n) is 6.71. The third-order valence-electron chi connectivity index (χ3n) is 4.93. The maximum atomic E-state index is 12.6. The van der Waals surface area contributed by atoms with Crippen LogP contribution in [0, 0.1) is 5.92 Å². The second-order valence-corrected chi connectivity index (χ2v) is 9.82. The zero-order valence-electron chi connectivity index (χ0n) is 16.7. The molecule has 2 aromatic rings. The number of esters is 1. The molecule has 0 aliphatic carbocycles. The van der Waals surface area contributed by atoms with Gasteiger partial charge in [0.15, 0.2) is 6.61 Å². The number of piperidine rings is 1. The predicted octanol–water partition coefficient (Wildman–Crippen LogP) is 2.59. The highest BCUT2D eigenvalue weighted by Gasteiger charge is 2.33. The van der Waals surface area contributed by atoms with Crippen molar-refractivity contribution in [1.29, 1.82) is 0 Å². The number of nitrogens with zero attached hydrogens (tertiary/aromatic N) is 1. The van der Waals surface area contributed by atoms with E-state index in [0.717, 1.165) is 0 Å². The Balaban J connectivity index is 1.54. The molecule has 8 nitrogen and oxygen atoms in total. The summed E-state index contributed by atoms with van der Waals surface area (Å²) < 4.78 is 42.3. The molecule has 0 N–H and O–H groups in total. The Morgan fingerprint density at radius 1 is 1.13 bits per heavy atom. The molecule has 2 heterocycles. The van der Waals surface area contributed by atoms with Crippen molar-refractivity contribution in [3.05, 3.63) is 41.3 Å². The van der Waals surface area contributed by atoms with Crippen molar-refractivity contribution >= 4 is 33.1 Å². The molecule has 0 saturated carbocycles. The van der Waals surface area contributed by atoms with Crippen LogP contribution >= 0.6 is 11.3 Å². The van der Waals surface area contributed by atoms with Crippen LogP contribution in [0.3, 0.4) is 0 Å². The molecular formula is C20H23NO7S2. The van der Waals surface area contributed by atoms with E-state index in [4.69, 9.17) is 14.2 Å².